The molecule has 0 aliphatic heterocycles. The zero-order valence-corrected chi connectivity index (χ0v) is 17.9. The Labute approximate surface area is 178 Å². The second-order valence-corrected chi connectivity index (χ2v) is 8.08. The summed E-state index contributed by atoms with van der Waals surface area (Å²) >= 11 is 1.26. The highest BCUT2D eigenvalue weighted by atomic mass is 32.1. The molecular weight excluding hydrogens is 396 g/mol. The third-order valence-corrected chi connectivity index (χ3v) is 5.95. The molecule has 2 aromatic heterocycles. The number of nitrogens with one attached hydrogen (secondary N) is 1. The number of ether oxygens (including phenoxy) is 1. The first-order valence-corrected chi connectivity index (χ1v) is 10.6. The fourth-order valence-corrected chi connectivity index (χ4v) is 4.52. The van der Waals surface area contributed by atoms with Gasteiger partial charge in [-0.05, 0) is 56.7 Å². The third kappa shape index (κ3) is 3.74. The van der Waals surface area contributed by atoms with Crippen LogP contribution < -0.4 is 10.9 Å². The molecule has 4 rings (SSSR count). The molecular formula is C24H22N2O3S. The van der Waals surface area contributed by atoms with Crippen molar-refractivity contribution >= 4 is 38.9 Å². The van der Waals surface area contributed by atoms with Gasteiger partial charge in [-0.25, -0.2) is 4.79 Å². The molecule has 0 spiro atoms. The molecule has 5 nitrogen and oxygen atoms in total. The Kier molecular flexibility index (Phi) is 5.42. The molecule has 2 aromatic carbocycles. The summed E-state index contributed by atoms with van der Waals surface area (Å²) in [5, 5.41) is 4.17. The zero-order valence-electron chi connectivity index (χ0n) is 17.1. The van der Waals surface area contributed by atoms with E-state index >= 15 is 0 Å². The second-order valence-electron chi connectivity index (χ2n) is 7.08. The molecule has 0 saturated carbocycles. The summed E-state index contributed by atoms with van der Waals surface area (Å²) in [6.45, 7) is 6.07. The summed E-state index contributed by atoms with van der Waals surface area (Å²) < 4.78 is 6.94. The van der Waals surface area contributed by atoms with E-state index < -0.39 is 5.97 Å². The van der Waals surface area contributed by atoms with Crippen molar-refractivity contribution in [1.82, 2.24) is 4.57 Å². The van der Waals surface area contributed by atoms with Crippen molar-refractivity contribution in [2.75, 3.05) is 11.9 Å². The zero-order chi connectivity index (χ0) is 21.3. The molecule has 0 bridgehead atoms. The molecule has 0 radical (unpaired) electrons. The molecule has 152 valence electrons. The lowest BCUT2D eigenvalue weighted by Gasteiger charge is -2.10. The van der Waals surface area contributed by atoms with Crippen LogP contribution in [-0.2, 0) is 4.74 Å². The summed E-state index contributed by atoms with van der Waals surface area (Å²) in [6.07, 6.45) is 0. The van der Waals surface area contributed by atoms with Crippen molar-refractivity contribution in [3.63, 3.8) is 0 Å². The number of aromatic nitrogens is 1. The number of hydrogen-bond acceptors (Lipinski definition) is 5. The van der Waals surface area contributed by atoms with Crippen LogP contribution in [0.3, 0.4) is 0 Å². The first-order valence-electron chi connectivity index (χ1n) is 9.74. The minimum Gasteiger partial charge on any atom is -0.462 e. The van der Waals surface area contributed by atoms with Crippen LogP contribution in [0.5, 0.6) is 0 Å². The molecule has 4 aromatic rings. The van der Waals surface area contributed by atoms with Gasteiger partial charge >= 0.3 is 5.97 Å². The topological polar surface area (TPSA) is 60.3 Å². The van der Waals surface area contributed by atoms with Crippen LogP contribution in [0, 0.1) is 13.8 Å². The number of fused-ring (bicyclic) bond motifs is 1. The third-order valence-electron chi connectivity index (χ3n) is 4.78. The molecule has 1 N–H and O–H groups in total. The highest BCUT2D eigenvalue weighted by molar-refractivity contribution is 7.21. The Morgan fingerprint density at radius 3 is 2.50 bits per heavy atom. The van der Waals surface area contributed by atoms with Gasteiger partial charge in [-0.15, -0.1) is 11.3 Å². The number of aryl methyl sites for hydroxylation is 2. The standard InChI is InChI=1S/C24H22N2O3S/c1-4-29-24(28)22-21(25-17-7-5-6-16(3)14-17)19-12-13-20(27)26(23(19)30-22)18-10-8-15(2)9-11-18/h5-14,25H,4H2,1-3H3. The van der Waals surface area contributed by atoms with Gasteiger partial charge in [0, 0.05) is 17.1 Å². The van der Waals surface area contributed by atoms with Crippen molar-refractivity contribution in [3.8, 4) is 5.69 Å². The van der Waals surface area contributed by atoms with Crippen LogP contribution in [0.25, 0.3) is 15.9 Å². The molecule has 0 aliphatic carbocycles. The van der Waals surface area contributed by atoms with Gasteiger partial charge in [-0.3, -0.25) is 9.36 Å². The van der Waals surface area contributed by atoms with E-state index in [0.717, 1.165) is 27.9 Å². The van der Waals surface area contributed by atoms with Crippen molar-refractivity contribution in [3.05, 3.63) is 87.0 Å². The maximum Gasteiger partial charge on any atom is 0.350 e. The summed E-state index contributed by atoms with van der Waals surface area (Å²) in [5.41, 5.74) is 4.35. The van der Waals surface area contributed by atoms with Crippen LogP contribution in [0.1, 0.15) is 27.7 Å². The van der Waals surface area contributed by atoms with E-state index in [2.05, 4.69) is 5.32 Å². The molecule has 0 atom stereocenters. The molecule has 0 aliphatic rings. The minimum absolute atomic E-state index is 0.148. The normalized spacial score (nSPS) is 10.9. The average molecular weight is 419 g/mol. The van der Waals surface area contributed by atoms with Gasteiger partial charge in [0.1, 0.15) is 9.71 Å². The molecule has 0 saturated heterocycles. The van der Waals surface area contributed by atoms with Gasteiger partial charge in [0.2, 0.25) is 0 Å². The summed E-state index contributed by atoms with van der Waals surface area (Å²) in [5.74, 6) is -0.406. The number of rotatable bonds is 5. The predicted molar refractivity (Wildman–Crippen MR) is 123 cm³/mol. The number of thiophene rings is 1. The van der Waals surface area contributed by atoms with Gasteiger partial charge in [0.25, 0.3) is 5.56 Å². The second kappa shape index (κ2) is 8.16. The van der Waals surface area contributed by atoms with Crippen LogP contribution in [0.4, 0.5) is 11.4 Å². The number of carbonyl (C=O) groups excluding carboxylic acids is 1. The van der Waals surface area contributed by atoms with E-state index in [1.54, 1.807) is 17.6 Å². The van der Waals surface area contributed by atoms with E-state index in [-0.39, 0.29) is 12.2 Å². The van der Waals surface area contributed by atoms with Crippen molar-refractivity contribution in [2.45, 2.75) is 20.8 Å². The van der Waals surface area contributed by atoms with Gasteiger partial charge in [0.05, 0.1) is 18.0 Å². The van der Waals surface area contributed by atoms with Crippen LogP contribution >= 0.6 is 11.3 Å². The van der Waals surface area contributed by atoms with Crippen molar-refractivity contribution in [1.29, 1.82) is 0 Å². The number of anilines is 2. The SMILES string of the molecule is CCOC(=O)c1sc2c(ccc(=O)n2-c2ccc(C)cc2)c1Nc1cccc(C)c1. The Balaban J connectivity index is 1.96. The molecule has 0 unspecified atom stereocenters. The van der Waals surface area contributed by atoms with E-state index in [1.165, 1.54) is 17.4 Å². The monoisotopic (exact) mass is 418 g/mol. The molecule has 30 heavy (non-hydrogen) atoms. The summed E-state index contributed by atoms with van der Waals surface area (Å²) in [7, 11) is 0. The predicted octanol–water partition coefficient (Wildman–Crippen LogP) is 5.59. The first-order chi connectivity index (χ1) is 14.5. The number of esters is 1. The fraction of sp³-hybridized carbons (Fsp3) is 0.167. The average Bonchev–Trinajstić information content (AvgIpc) is 3.07. The Hall–Kier alpha value is -3.38. The molecule has 0 fully saturated rings. The Morgan fingerprint density at radius 1 is 1.03 bits per heavy atom. The van der Waals surface area contributed by atoms with Gasteiger partial charge in [0.15, 0.2) is 0 Å². The maximum atomic E-state index is 12.8. The van der Waals surface area contributed by atoms with Gasteiger partial charge < -0.3 is 10.1 Å². The first kappa shape index (κ1) is 19.9. The Bertz CT molecular complexity index is 1290. The number of hydrogen-bond donors (Lipinski definition) is 1. The largest absolute Gasteiger partial charge is 0.462 e. The lowest BCUT2D eigenvalue weighted by molar-refractivity contribution is 0.0533. The molecule has 6 heteroatoms. The quantitative estimate of drug-likeness (QED) is 0.429. The summed E-state index contributed by atoms with van der Waals surface area (Å²) in [6, 6.07) is 19.0. The molecule has 0 amide bonds. The highest BCUT2D eigenvalue weighted by Gasteiger charge is 2.22. The molecule has 2 heterocycles. The lowest BCUT2D eigenvalue weighted by atomic mass is 10.2. The lowest BCUT2D eigenvalue weighted by Crippen LogP contribution is -2.16. The van der Waals surface area contributed by atoms with Crippen LogP contribution in [0.2, 0.25) is 0 Å². The number of nitrogens with zero attached hydrogens (tertiary/aromatic N) is 1. The number of pyridine rings is 1. The van der Waals surface area contributed by atoms with Crippen LogP contribution in [0.15, 0.2) is 65.5 Å². The van der Waals surface area contributed by atoms with Gasteiger partial charge in [-0.2, -0.15) is 0 Å². The van der Waals surface area contributed by atoms with Crippen molar-refractivity contribution in [2.24, 2.45) is 0 Å². The van der Waals surface area contributed by atoms with Crippen molar-refractivity contribution < 1.29 is 9.53 Å². The smallest absolute Gasteiger partial charge is 0.350 e. The number of benzene rings is 2. The Morgan fingerprint density at radius 2 is 1.80 bits per heavy atom. The number of carbonyl (C=O) groups is 1. The fourth-order valence-electron chi connectivity index (χ4n) is 3.35. The maximum absolute atomic E-state index is 12.8. The van der Waals surface area contributed by atoms with E-state index in [4.69, 9.17) is 4.74 Å². The highest BCUT2D eigenvalue weighted by Crippen LogP contribution is 2.38. The van der Waals surface area contributed by atoms with E-state index in [9.17, 15) is 9.59 Å². The van der Waals surface area contributed by atoms with Gasteiger partial charge in [-0.1, -0.05) is 29.8 Å². The van der Waals surface area contributed by atoms with E-state index in [1.807, 2.05) is 62.4 Å². The van der Waals surface area contributed by atoms with Crippen LogP contribution in [-0.4, -0.2) is 17.1 Å². The minimum atomic E-state index is -0.406. The van der Waals surface area contributed by atoms with E-state index in [0.29, 0.717) is 15.4 Å². The summed E-state index contributed by atoms with van der Waals surface area (Å²) in [4.78, 5) is 26.6.